The molecule has 2 aliphatic rings. The van der Waals surface area contributed by atoms with Gasteiger partial charge in [-0.2, -0.15) is 13.2 Å². The number of aryl methyl sites for hydroxylation is 3. The first-order chi connectivity index (χ1) is 17.3. The lowest BCUT2D eigenvalue weighted by molar-refractivity contribution is -0.184. The van der Waals surface area contributed by atoms with Gasteiger partial charge in [0.05, 0.1) is 28.6 Å². The van der Waals surface area contributed by atoms with E-state index in [2.05, 4.69) is 10.6 Å². The number of carbonyl (C=O) groups is 2. The van der Waals surface area contributed by atoms with E-state index >= 15 is 0 Å². The highest BCUT2D eigenvalue weighted by Gasteiger charge is 2.45. The van der Waals surface area contributed by atoms with Crippen LogP contribution in [0, 0.1) is 26.7 Å². The average molecular weight is 538 g/mol. The maximum Gasteiger partial charge on any atom is 0.391 e. The molecule has 1 aliphatic heterocycles. The molecule has 2 N–H and O–H groups in total. The van der Waals surface area contributed by atoms with E-state index in [0.717, 1.165) is 9.87 Å². The third-order valence-electron chi connectivity index (χ3n) is 6.99. The summed E-state index contributed by atoms with van der Waals surface area (Å²) < 4.78 is 68.8. The molecule has 7 nitrogen and oxygen atoms in total. The molecule has 1 heterocycles. The van der Waals surface area contributed by atoms with Crippen molar-refractivity contribution >= 4 is 33.2 Å². The number of hydrogen-bond donors (Lipinski definition) is 2. The molecule has 200 valence electrons. The third-order valence-corrected chi connectivity index (χ3v) is 9.12. The fourth-order valence-electron chi connectivity index (χ4n) is 5.49. The first kappa shape index (κ1) is 27.0. The monoisotopic (exact) mass is 537 g/mol. The molecule has 0 radical (unpaired) electrons. The Balaban J connectivity index is 1.67. The van der Waals surface area contributed by atoms with Crippen LogP contribution in [0.1, 0.15) is 48.8 Å². The SMILES string of the molecule is Cc1cc(C)c(S(=O)(=O)N2c3ccccc3NC(=O)C2CC(=O)NC2CCCC(C(F)(F)F)C2)c(C)c1. The zero-order valence-electron chi connectivity index (χ0n) is 20.9. The first-order valence-corrected chi connectivity index (χ1v) is 13.6. The number of hydrogen-bond acceptors (Lipinski definition) is 4. The number of rotatable bonds is 5. The van der Waals surface area contributed by atoms with Gasteiger partial charge in [0.1, 0.15) is 6.04 Å². The van der Waals surface area contributed by atoms with Crippen molar-refractivity contribution in [3.63, 3.8) is 0 Å². The summed E-state index contributed by atoms with van der Waals surface area (Å²) in [7, 11) is -4.30. The maximum atomic E-state index is 14.1. The van der Waals surface area contributed by atoms with Crippen LogP contribution in [0.5, 0.6) is 0 Å². The van der Waals surface area contributed by atoms with Gasteiger partial charge in [-0.1, -0.05) is 36.2 Å². The first-order valence-electron chi connectivity index (χ1n) is 12.2. The molecule has 0 aromatic heterocycles. The predicted octanol–water partition coefficient (Wildman–Crippen LogP) is 4.76. The van der Waals surface area contributed by atoms with Gasteiger partial charge in [0.2, 0.25) is 11.8 Å². The molecular formula is C26H30F3N3O4S. The lowest BCUT2D eigenvalue weighted by Crippen LogP contribution is -2.53. The van der Waals surface area contributed by atoms with Gasteiger partial charge in [-0.25, -0.2) is 8.42 Å². The van der Waals surface area contributed by atoms with Crippen LogP contribution >= 0.6 is 0 Å². The molecule has 37 heavy (non-hydrogen) atoms. The summed E-state index contributed by atoms with van der Waals surface area (Å²) in [5.74, 6) is -2.86. The average Bonchev–Trinajstić information content (AvgIpc) is 2.78. The molecule has 3 atom stereocenters. The highest BCUT2D eigenvalue weighted by Crippen LogP contribution is 2.40. The maximum absolute atomic E-state index is 14.1. The van der Waals surface area contributed by atoms with E-state index in [9.17, 15) is 31.2 Å². The second-order valence-corrected chi connectivity index (χ2v) is 11.7. The summed E-state index contributed by atoms with van der Waals surface area (Å²) >= 11 is 0. The molecule has 11 heteroatoms. The van der Waals surface area contributed by atoms with Crippen molar-refractivity contribution < 1.29 is 31.2 Å². The number of para-hydroxylation sites is 2. The lowest BCUT2D eigenvalue weighted by Gasteiger charge is -2.37. The van der Waals surface area contributed by atoms with Crippen LogP contribution in [0.15, 0.2) is 41.3 Å². The molecule has 2 aromatic rings. The van der Waals surface area contributed by atoms with Crippen LogP contribution in [0.4, 0.5) is 24.5 Å². The quantitative estimate of drug-likeness (QED) is 0.575. The Bertz CT molecular complexity index is 1300. The Morgan fingerprint density at radius 3 is 2.41 bits per heavy atom. The fraction of sp³-hybridized carbons (Fsp3) is 0.462. The topological polar surface area (TPSA) is 95.6 Å². The Labute approximate surface area is 214 Å². The van der Waals surface area contributed by atoms with Crippen molar-refractivity contribution in [2.75, 3.05) is 9.62 Å². The Hall–Kier alpha value is -3.08. The van der Waals surface area contributed by atoms with Crippen molar-refractivity contribution in [3.8, 4) is 0 Å². The van der Waals surface area contributed by atoms with Gasteiger partial charge in [0, 0.05) is 6.04 Å². The predicted molar refractivity (Wildman–Crippen MR) is 134 cm³/mol. The highest BCUT2D eigenvalue weighted by atomic mass is 32.2. The summed E-state index contributed by atoms with van der Waals surface area (Å²) in [6.07, 6.45) is -4.39. The second kappa shape index (κ2) is 10.00. The van der Waals surface area contributed by atoms with Gasteiger partial charge in [-0.3, -0.25) is 13.9 Å². The van der Waals surface area contributed by atoms with E-state index in [1.165, 1.54) is 0 Å². The Morgan fingerprint density at radius 2 is 1.76 bits per heavy atom. The minimum Gasteiger partial charge on any atom is -0.353 e. The van der Waals surface area contributed by atoms with Gasteiger partial charge in [0.25, 0.3) is 10.0 Å². The molecule has 4 rings (SSSR count). The minimum absolute atomic E-state index is 0.0129. The molecule has 0 saturated heterocycles. The van der Waals surface area contributed by atoms with Crippen LogP contribution in [0.25, 0.3) is 0 Å². The van der Waals surface area contributed by atoms with Gasteiger partial charge >= 0.3 is 6.18 Å². The Kier molecular flexibility index (Phi) is 7.29. The van der Waals surface area contributed by atoms with E-state index in [1.54, 1.807) is 50.2 Å². The number of nitrogens with one attached hydrogen (secondary N) is 2. The number of anilines is 2. The lowest BCUT2D eigenvalue weighted by atomic mass is 9.85. The summed E-state index contributed by atoms with van der Waals surface area (Å²) in [5, 5.41) is 5.28. The number of benzene rings is 2. The van der Waals surface area contributed by atoms with Crippen molar-refractivity contribution in [2.24, 2.45) is 5.92 Å². The second-order valence-electron chi connectivity index (χ2n) is 9.92. The summed E-state index contributed by atoms with van der Waals surface area (Å²) in [4.78, 5) is 26.2. The smallest absolute Gasteiger partial charge is 0.353 e. The molecule has 1 fully saturated rings. The molecule has 0 spiro atoms. The summed E-state index contributed by atoms with van der Waals surface area (Å²) in [5.41, 5.74) is 2.39. The van der Waals surface area contributed by atoms with Gasteiger partial charge in [0.15, 0.2) is 0 Å². The summed E-state index contributed by atoms with van der Waals surface area (Å²) in [6.45, 7) is 5.19. The van der Waals surface area contributed by atoms with E-state index < -0.39 is 52.4 Å². The van der Waals surface area contributed by atoms with E-state index in [4.69, 9.17) is 0 Å². The van der Waals surface area contributed by atoms with Crippen LogP contribution < -0.4 is 14.9 Å². The third kappa shape index (κ3) is 5.46. The molecule has 1 saturated carbocycles. The Morgan fingerprint density at radius 1 is 1.11 bits per heavy atom. The zero-order valence-corrected chi connectivity index (χ0v) is 21.7. The normalized spacial score (nSPS) is 22.3. The molecule has 3 unspecified atom stereocenters. The highest BCUT2D eigenvalue weighted by molar-refractivity contribution is 7.93. The van der Waals surface area contributed by atoms with Gasteiger partial charge in [-0.05, 0) is 63.3 Å². The number of sulfonamides is 1. The zero-order chi connectivity index (χ0) is 27.1. The standard InChI is InChI=1S/C26H30F3N3O4S/c1-15-11-16(2)24(17(3)12-15)37(35,36)32-21-10-5-4-9-20(21)31-25(34)22(32)14-23(33)30-19-8-6-7-18(13-19)26(27,28)29/h4-5,9-12,18-19,22H,6-8,13-14H2,1-3H3,(H,30,33)(H,31,34). The molecule has 1 aliphatic carbocycles. The number of fused-ring (bicyclic) bond motifs is 1. The molecule has 2 aromatic carbocycles. The van der Waals surface area contributed by atoms with E-state index in [-0.39, 0.29) is 29.1 Å². The van der Waals surface area contributed by atoms with Crippen molar-refractivity contribution in [1.82, 2.24) is 5.32 Å². The van der Waals surface area contributed by atoms with Gasteiger partial charge < -0.3 is 10.6 Å². The molecule has 2 amide bonds. The van der Waals surface area contributed by atoms with Gasteiger partial charge in [-0.15, -0.1) is 0 Å². The van der Waals surface area contributed by atoms with Crippen molar-refractivity contribution in [3.05, 3.63) is 53.1 Å². The van der Waals surface area contributed by atoms with Crippen LogP contribution in [0.2, 0.25) is 0 Å². The number of alkyl halides is 3. The van der Waals surface area contributed by atoms with E-state index in [1.807, 2.05) is 6.92 Å². The van der Waals surface area contributed by atoms with Crippen molar-refractivity contribution in [1.29, 1.82) is 0 Å². The van der Waals surface area contributed by atoms with Crippen LogP contribution in [-0.4, -0.2) is 38.5 Å². The molecular weight excluding hydrogens is 507 g/mol. The number of amides is 2. The van der Waals surface area contributed by atoms with Crippen LogP contribution in [0.3, 0.4) is 0 Å². The van der Waals surface area contributed by atoms with Crippen LogP contribution in [-0.2, 0) is 19.6 Å². The minimum atomic E-state index is -4.34. The molecule has 0 bridgehead atoms. The van der Waals surface area contributed by atoms with Crippen molar-refractivity contribution in [2.45, 2.75) is 76.0 Å². The summed E-state index contributed by atoms with van der Waals surface area (Å²) in [6, 6.07) is 7.75. The largest absolute Gasteiger partial charge is 0.391 e. The number of carbonyl (C=O) groups excluding carboxylic acids is 2. The van der Waals surface area contributed by atoms with E-state index in [0.29, 0.717) is 24.0 Å². The number of nitrogens with zero attached hydrogens (tertiary/aromatic N) is 1. The number of halogens is 3. The fourth-order valence-corrected chi connectivity index (χ4v) is 7.54.